The van der Waals surface area contributed by atoms with Gasteiger partial charge < -0.3 is 9.47 Å². The van der Waals surface area contributed by atoms with E-state index < -0.39 is 33.7 Å². The van der Waals surface area contributed by atoms with E-state index in [4.69, 9.17) is 4.74 Å². The van der Waals surface area contributed by atoms with Crippen LogP contribution in [0.1, 0.15) is 0 Å². The molecule has 1 atom stereocenters. The van der Waals surface area contributed by atoms with Gasteiger partial charge in [0.05, 0.1) is 16.0 Å². The first-order valence-electron chi connectivity index (χ1n) is 9.51. The van der Waals surface area contributed by atoms with Gasteiger partial charge in [-0.3, -0.25) is 10.0 Å². The Balaban J connectivity index is 1.78. The second kappa shape index (κ2) is 11.1. The minimum Gasteiger partial charge on any atom is -0.456 e. The van der Waals surface area contributed by atoms with E-state index in [1.165, 1.54) is 59.5 Å². The minimum atomic E-state index is -4.84. The van der Waals surface area contributed by atoms with Gasteiger partial charge in [-0.1, -0.05) is 18.2 Å². The number of thiophene rings is 1. The number of halogens is 3. The van der Waals surface area contributed by atoms with E-state index in [-0.39, 0.29) is 28.6 Å². The summed E-state index contributed by atoms with van der Waals surface area (Å²) in [7, 11) is -4.06. The number of hydroxylamine groups is 2. The van der Waals surface area contributed by atoms with E-state index in [1.807, 2.05) is 17.5 Å². The molecule has 182 valence electrons. The lowest BCUT2D eigenvalue weighted by atomic mass is 10.3. The first-order valence-corrected chi connectivity index (χ1v) is 13.0. The van der Waals surface area contributed by atoms with E-state index in [1.54, 1.807) is 0 Å². The van der Waals surface area contributed by atoms with Crippen LogP contribution in [0.25, 0.3) is 0 Å². The van der Waals surface area contributed by atoms with Crippen molar-refractivity contribution in [3.8, 4) is 17.2 Å². The molecule has 1 amide bonds. The third-order valence-corrected chi connectivity index (χ3v) is 8.38. The predicted octanol–water partition coefficient (Wildman–Crippen LogP) is 5.22. The molecule has 0 aliphatic carbocycles. The second-order valence-corrected chi connectivity index (χ2v) is 11.0. The fraction of sp³-hybridized carbons (Fsp3) is 0.190. The molecule has 1 aromatic heterocycles. The van der Waals surface area contributed by atoms with Crippen LogP contribution in [0.3, 0.4) is 0 Å². The predicted molar refractivity (Wildman–Crippen MR) is 120 cm³/mol. The lowest BCUT2D eigenvalue weighted by Gasteiger charge is -2.22. The molecule has 13 heteroatoms. The van der Waals surface area contributed by atoms with Gasteiger partial charge in [-0.2, -0.15) is 0 Å². The summed E-state index contributed by atoms with van der Waals surface area (Å²) >= 11 is 2.74. The molecule has 0 saturated heterocycles. The SMILES string of the molecule is O=CN(O)C(CSc1cccs1)CS(=O)(=O)c1ccccc1Oc1ccc(OC(F)(F)F)cc1. The number of thioether (sulfide) groups is 1. The molecule has 0 spiro atoms. The summed E-state index contributed by atoms with van der Waals surface area (Å²) in [6.07, 6.45) is -4.70. The number of alkyl halides is 3. The first kappa shape index (κ1) is 25.9. The van der Waals surface area contributed by atoms with Crippen LogP contribution in [0.15, 0.2) is 75.1 Å². The summed E-state index contributed by atoms with van der Waals surface area (Å²) in [6, 6.07) is 12.8. The molecular formula is C21H18F3NO6S3. The molecule has 7 nitrogen and oxygen atoms in total. The molecule has 3 rings (SSSR count). The van der Waals surface area contributed by atoms with Crippen LogP contribution in [0.4, 0.5) is 13.2 Å². The van der Waals surface area contributed by atoms with Crippen LogP contribution in [0, 0.1) is 0 Å². The maximum absolute atomic E-state index is 13.2. The maximum atomic E-state index is 13.2. The van der Waals surface area contributed by atoms with Gasteiger partial charge in [0.1, 0.15) is 22.1 Å². The molecule has 0 aliphatic heterocycles. The van der Waals surface area contributed by atoms with Gasteiger partial charge in [-0.05, 0) is 47.8 Å². The lowest BCUT2D eigenvalue weighted by molar-refractivity contribution is -0.274. The Kier molecular flexibility index (Phi) is 8.47. The van der Waals surface area contributed by atoms with Gasteiger partial charge in [0.2, 0.25) is 6.41 Å². The van der Waals surface area contributed by atoms with E-state index in [0.29, 0.717) is 5.06 Å². The topological polar surface area (TPSA) is 93.1 Å². The van der Waals surface area contributed by atoms with Crippen LogP contribution < -0.4 is 9.47 Å². The standard InChI is InChI=1S/C21H18F3NO6S3/c22-21(23,24)31-17-9-7-16(8-10-17)30-18-4-1-2-5-19(18)34(28,29)13-15(25(27)14-26)12-33-20-6-3-11-32-20/h1-11,14-15,27H,12-13H2. The fourth-order valence-electron chi connectivity index (χ4n) is 2.78. The zero-order chi connectivity index (χ0) is 24.8. The second-order valence-electron chi connectivity index (χ2n) is 6.73. The third kappa shape index (κ3) is 7.38. The van der Waals surface area contributed by atoms with Gasteiger partial charge in [0.15, 0.2) is 9.84 Å². The average molecular weight is 534 g/mol. The highest BCUT2D eigenvalue weighted by Gasteiger charge is 2.31. The summed E-state index contributed by atoms with van der Waals surface area (Å²) in [6.45, 7) is 0. The van der Waals surface area contributed by atoms with E-state index in [2.05, 4.69) is 4.74 Å². The largest absolute Gasteiger partial charge is 0.573 e. The van der Waals surface area contributed by atoms with Crippen LogP contribution in [-0.2, 0) is 14.6 Å². The van der Waals surface area contributed by atoms with E-state index >= 15 is 0 Å². The molecule has 0 aliphatic rings. The lowest BCUT2D eigenvalue weighted by Crippen LogP contribution is -2.39. The summed E-state index contributed by atoms with van der Waals surface area (Å²) < 4.78 is 73.6. The third-order valence-electron chi connectivity index (χ3n) is 4.28. The highest BCUT2D eigenvalue weighted by atomic mass is 32.2. The van der Waals surface area contributed by atoms with Gasteiger partial charge in [-0.15, -0.1) is 36.3 Å². The van der Waals surface area contributed by atoms with Gasteiger partial charge in [0, 0.05) is 5.75 Å². The molecule has 1 unspecified atom stereocenters. The quantitative estimate of drug-likeness (QED) is 0.156. The van der Waals surface area contributed by atoms with Crippen LogP contribution in [-0.4, -0.2) is 49.0 Å². The van der Waals surface area contributed by atoms with Gasteiger partial charge >= 0.3 is 6.36 Å². The van der Waals surface area contributed by atoms with Crippen molar-refractivity contribution in [2.24, 2.45) is 0 Å². The Hall–Kier alpha value is -2.74. The molecule has 34 heavy (non-hydrogen) atoms. The van der Waals surface area contributed by atoms with E-state index in [0.717, 1.165) is 16.3 Å². The van der Waals surface area contributed by atoms with Crippen molar-refractivity contribution >= 4 is 39.3 Å². The van der Waals surface area contributed by atoms with Crippen molar-refractivity contribution in [3.05, 3.63) is 66.0 Å². The zero-order valence-corrected chi connectivity index (χ0v) is 19.7. The number of carbonyl (C=O) groups excluding carboxylic acids is 1. The summed E-state index contributed by atoms with van der Waals surface area (Å²) in [4.78, 5) is 10.9. The van der Waals surface area contributed by atoms with Gasteiger partial charge in [0.25, 0.3) is 0 Å². The average Bonchev–Trinajstić information content (AvgIpc) is 3.30. The molecule has 0 fully saturated rings. The number of hydrogen-bond acceptors (Lipinski definition) is 8. The van der Waals surface area contributed by atoms with Crippen molar-refractivity contribution in [3.63, 3.8) is 0 Å². The number of rotatable bonds is 11. The smallest absolute Gasteiger partial charge is 0.456 e. The molecule has 0 radical (unpaired) electrons. The molecule has 1 N–H and O–H groups in total. The molecule has 0 saturated carbocycles. The Morgan fingerprint density at radius 3 is 2.35 bits per heavy atom. The monoisotopic (exact) mass is 533 g/mol. The summed E-state index contributed by atoms with van der Waals surface area (Å²) in [5.74, 6) is -0.896. The highest BCUT2D eigenvalue weighted by Crippen LogP contribution is 2.32. The van der Waals surface area contributed by atoms with Gasteiger partial charge in [-0.25, -0.2) is 13.5 Å². The Labute approximate surface area is 201 Å². The van der Waals surface area contributed by atoms with Crippen molar-refractivity contribution < 1.29 is 41.1 Å². The molecule has 0 bridgehead atoms. The molecule has 2 aromatic carbocycles. The number of amides is 1. The highest BCUT2D eigenvalue weighted by molar-refractivity contribution is 8.01. The van der Waals surface area contributed by atoms with Crippen molar-refractivity contribution in [2.75, 3.05) is 11.5 Å². The zero-order valence-electron chi connectivity index (χ0n) is 17.2. The van der Waals surface area contributed by atoms with Crippen molar-refractivity contribution in [1.29, 1.82) is 0 Å². The Morgan fingerprint density at radius 2 is 1.74 bits per heavy atom. The summed E-state index contributed by atoms with van der Waals surface area (Å²) in [5.41, 5.74) is 0. The summed E-state index contributed by atoms with van der Waals surface area (Å²) in [5, 5.41) is 12.1. The number of carbonyl (C=O) groups is 1. The number of nitrogens with zero attached hydrogens (tertiary/aromatic N) is 1. The van der Waals surface area contributed by atoms with Crippen LogP contribution in [0.5, 0.6) is 17.2 Å². The van der Waals surface area contributed by atoms with Crippen LogP contribution in [0.2, 0.25) is 0 Å². The Bertz CT molecular complexity index is 1190. The van der Waals surface area contributed by atoms with Crippen molar-refractivity contribution in [2.45, 2.75) is 21.5 Å². The number of benzene rings is 2. The number of hydrogen-bond donors (Lipinski definition) is 1. The molecule has 1 heterocycles. The minimum absolute atomic E-state index is 0.0627. The first-order chi connectivity index (χ1) is 16.1. The number of para-hydroxylation sites is 1. The van der Waals surface area contributed by atoms with Crippen LogP contribution >= 0.6 is 23.1 Å². The normalized spacial score (nSPS) is 12.7. The molecule has 3 aromatic rings. The Morgan fingerprint density at radius 1 is 1.06 bits per heavy atom. The van der Waals surface area contributed by atoms with E-state index in [9.17, 15) is 31.6 Å². The van der Waals surface area contributed by atoms with Crippen molar-refractivity contribution in [1.82, 2.24) is 5.06 Å². The number of ether oxygens (including phenoxy) is 2. The number of sulfone groups is 1. The maximum Gasteiger partial charge on any atom is 0.573 e. The molecular weight excluding hydrogens is 515 g/mol. The fourth-order valence-corrected chi connectivity index (χ4v) is 6.48.